The van der Waals surface area contributed by atoms with E-state index in [0.29, 0.717) is 29.9 Å². The number of rotatable bonds is 4. The fourth-order valence-electron chi connectivity index (χ4n) is 3.45. The van der Waals surface area contributed by atoms with Gasteiger partial charge in [-0.1, -0.05) is 6.92 Å². The summed E-state index contributed by atoms with van der Waals surface area (Å²) in [5.41, 5.74) is 0. The first-order valence-corrected chi connectivity index (χ1v) is 11.3. The number of sulfonamides is 1. The van der Waals surface area contributed by atoms with E-state index in [2.05, 4.69) is 24.5 Å². The number of piperidine rings is 2. The lowest BCUT2D eigenvalue weighted by Crippen LogP contribution is -2.46. The van der Waals surface area contributed by atoms with Crippen LogP contribution in [0.1, 0.15) is 49.2 Å². The summed E-state index contributed by atoms with van der Waals surface area (Å²) in [5.74, 6) is 0.404. The van der Waals surface area contributed by atoms with E-state index < -0.39 is 10.0 Å². The van der Waals surface area contributed by atoms with Gasteiger partial charge < -0.3 is 10.6 Å². The van der Waals surface area contributed by atoms with E-state index in [4.69, 9.17) is 0 Å². The van der Waals surface area contributed by atoms with Crippen LogP contribution in [-0.4, -0.2) is 50.3 Å². The van der Waals surface area contributed by atoms with Crippen molar-refractivity contribution in [3.63, 3.8) is 0 Å². The van der Waals surface area contributed by atoms with Crippen molar-refractivity contribution in [2.24, 2.45) is 5.92 Å². The highest BCUT2D eigenvalue weighted by molar-refractivity contribution is 7.91. The molecule has 2 aliphatic rings. The van der Waals surface area contributed by atoms with Gasteiger partial charge in [0, 0.05) is 25.2 Å². The van der Waals surface area contributed by atoms with Gasteiger partial charge >= 0.3 is 0 Å². The zero-order valence-corrected chi connectivity index (χ0v) is 16.5. The van der Waals surface area contributed by atoms with Gasteiger partial charge in [-0.2, -0.15) is 4.31 Å². The Balaban J connectivity index is 1.66. The van der Waals surface area contributed by atoms with Crippen LogP contribution in [0.2, 0.25) is 0 Å². The molecule has 2 fully saturated rings. The Kier molecular flexibility index (Phi) is 5.82. The fraction of sp³-hybridized carbons (Fsp3) is 0.706. The summed E-state index contributed by atoms with van der Waals surface area (Å²) in [6.07, 6.45) is 3.59. The van der Waals surface area contributed by atoms with Crippen LogP contribution in [0.25, 0.3) is 0 Å². The number of nitrogens with one attached hydrogen (secondary N) is 2. The van der Waals surface area contributed by atoms with Gasteiger partial charge in [-0.05, 0) is 57.2 Å². The first-order valence-electron chi connectivity index (χ1n) is 9.00. The standard InChI is InChI=1S/C17H27N3O3S2/c1-12-6-9-20(10-7-12)25(22,23)16-4-3-15(24-16)17(21)19-14-5-8-18-13(2)11-14/h3-4,12-14,18H,5-11H2,1-2H3,(H,19,21). The number of nitrogens with zero attached hydrogens (tertiary/aromatic N) is 1. The Morgan fingerprint density at radius 1 is 1.24 bits per heavy atom. The van der Waals surface area contributed by atoms with Gasteiger partial charge in [-0.25, -0.2) is 8.42 Å². The van der Waals surface area contributed by atoms with E-state index in [-0.39, 0.29) is 16.2 Å². The molecule has 2 N–H and O–H groups in total. The van der Waals surface area contributed by atoms with Crippen LogP contribution in [0.5, 0.6) is 0 Å². The number of hydrogen-bond donors (Lipinski definition) is 2. The highest BCUT2D eigenvalue weighted by Gasteiger charge is 2.30. The molecule has 8 heteroatoms. The van der Waals surface area contributed by atoms with Crippen LogP contribution in [0.15, 0.2) is 16.3 Å². The average molecular weight is 386 g/mol. The zero-order valence-electron chi connectivity index (χ0n) is 14.8. The van der Waals surface area contributed by atoms with E-state index in [1.165, 1.54) is 0 Å². The number of amides is 1. The first-order chi connectivity index (χ1) is 11.9. The Morgan fingerprint density at radius 3 is 2.64 bits per heavy atom. The van der Waals surface area contributed by atoms with E-state index in [0.717, 1.165) is 43.6 Å². The van der Waals surface area contributed by atoms with Crippen LogP contribution in [-0.2, 0) is 10.0 Å². The number of carbonyl (C=O) groups is 1. The first kappa shape index (κ1) is 18.8. The predicted molar refractivity (Wildman–Crippen MR) is 99.4 cm³/mol. The molecule has 0 aliphatic carbocycles. The van der Waals surface area contributed by atoms with E-state index >= 15 is 0 Å². The highest BCUT2D eigenvalue weighted by Crippen LogP contribution is 2.28. The second kappa shape index (κ2) is 7.73. The maximum Gasteiger partial charge on any atom is 0.261 e. The Labute approximate surface area is 154 Å². The molecule has 2 atom stereocenters. The molecular formula is C17H27N3O3S2. The second-order valence-corrected chi connectivity index (χ2v) is 10.5. The van der Waals surface area contributed by atoms with E-state index in [1.807, 2.05) is 0 Å². The molecule has 140 valence electrons. The fourth-order valence-corrected chi connectivity index (χ4v) is 6.29. The molecule has 1 aromatic heterocycles. The molecular weight excluding hydrogens is 358 g/mol. The Bertz CT molecular complexity index is 708. The lowest BCUT2D eigenvalue weighted by Gasteiger charge is -2.29. The average Bonchev–Trinajstić information content (AvgIpc) is 3.06. The van der Waals surface area contributed by atoms with Crippen molar-refractivity contribution in [2.75, 3.05) is 19.6 Å². The molecule has 2 aliphatic heterocycles. The SMILES string of the molecule is CC1CCN(S(=O)(=O)c2ccc(C(=O)NC3CCNC(C)C3)s2)CC1. The number of thiophene rings is 1. The van der Waals surface area contributed by atoms with Crippen molar-refractivity contribution >= 4 is 27.3 Å². The topological polar surface area (TPSA) is 78.5 Å². The normalized spacial score (nSPS) is 26.5. The number of hydrogen-bond acceptors (Lipinski definition) is 5. The summed E-state index contributed by atoms with van der Waals surface area (Å²) in [7, 11) is -3.48. The minimum absolute atomic E-state index is 0.148. The highest BCUT2D eigenvalue weighted by atomic mass is 32.2. The molecule has 1 amide bonds. The molecule has 3 heterocycles. The molecule has 0 saturated carbocycles. The van der Waals surface area contributed by atoms with Crippen LogP contribution in [0.4, 0.5) is 0 Å². The van der Waals surface area contributed by atoms with Gasteiger partial charge in [0.05, 0.1) is 4.88 Å². The van der Waals surface area contributed by atoms with Crippen molar-refractivity contribution in [3.8, 4) is 0 Å². The molecule has 0 aromatic carbocycles. The summed E-state index contributed by atoms with van der Waals surface area (Å²) >= 11 is 1.07. The molecule has 2 saturated heterocycles. The third-order valence-corrected chi connectivity index (χ3v) is 8.55. The maximum absolute atomic E-state index is 12.8. The van der Waals surface area contributed by atoms with E-state index in [1.54, 1.807) is 16.4 Å². The quantitative estimate of drug-likeness (QED) is 0.831. The molecule has 25 heavy (non-hydrogen) atoms. The van der Waals surface area contributed by atoms with Crippen molar-refractivity contribution in [3.05, 3.63) is 17.0 Å². The smallest absolute Gasteiger partial charge is 0.261 e. The summed E-state index contributed by atoms with van der Waals surface area (Å²) < 4.78 is 27.3. The van der Waals surface area contributed by atoms with E-state index in [9.17, 15) is 13.2 Å². The van der Waals surface area contributed by atoms with Crippen molar-refractivity contribution in [2.45, 2.75) is 55.8 Å². The lowest BCUT2D eigenvalue weighted by atomic mass is 10.0. The zero-order chi connectivity index (χ0) is 18.0. The van der Waals surface area contributed by atoms with Crippen LogP contribution in [0.3, 0.4) is 0 Å². The van der Waals surface area contributed by atoms with Crippen LogP contribution >= 0.6 is 11.3 Å². The summed E-state index contributed by atoms with van der Waals surface area (Å²) in [4.78, 5) is 12.9. The molecule has 3 rings (SSSR count). The van der Waals surface area contributed by atoms with Crippen LogP contribution in [0, 0.1) is 5.92 Å². The van der Waals surface area contributed by atoms with Crippen LogP contribution < -0.4 is 10.6 Å². The van der Waals surface area contributed by atoms with Crippen molar-refractivity contribution in [1.29, 1.82) is 0 Å². The minimum Gasteiger partial charge on any atom is -0.349 e. The molecule has 6 nitrogen and oxygen atoms in total. The van der Waals surface area contributed by atoms with Gasteiger partial charge in [0.25, 0.3) is 15.9 Å². The molecule has 0 radical (unpaired) electrons. The van der Waals surface area contributed by atoms with Gasteiger partial charge in [0.1, 0.15) is 4.21 Å². The summed E-state index contributed by atoms with van der Waals surface area (Å²) in [6, 6.07) is 3.73. The lowest BCUT2D eigenvalue weighted by molar-refractivity contribution is 0.0930. The largest absolute Gasteiger partial charge is 0.349 e. The molecule has 2 unspecified atom stereocenters. The second-order valence-electron chi connectivity index (χ2n) is 7.26. The maximum atomic E-state index is 12.8. The van der Waals surface area contributed by atoms with Gasteiger partial charge in [0.2, 0.25) is 0 Å². The third kappa shape index (κ3) is 4.42. The molecule has 1 aromatic rings. The Hall–Kier alpha value is -0.960. The van der Waals surface area contributed by atoms with Gasteiger partial charge in [0.15, 0.2) is 0 Å². The molecule has 0 spiro atoms. The summed E-state index contributed by atoms with van der Waals surface area (Å²) in [5, 5.41) is 6.39. The van der Waals surface area contributed by atoms with Gasteiger partial charge in [-0.3, -0.25) is 4.79 Å². The van der Waals surface area contributed by atoms with Crippen molar-refractivity contribution < 1.29 is 13.2 Å². The minimum atomic E-state index is -3.48. The molecule has 0 bridgehead atoms. The monoisotopic (exact) mass is 385 g/mol. The van der Waals surface area contributed by atoms with Gasteiger partial charge in [-0.15, -0.1) is 11.3 Å². The van der Waals surface area contributed by atoms with Crippen molar-refractivity contribution in [1.82, 2.24) is 14.9 Å². The Morgan fingerprint density at radius 2 is 1.96 bits per heavy atom. The number of carbonyl (C=O) groups excluding carboxylic acids is 1. The predicted octanol–water partition coefficient (Wildman–Crippen LogP) is 2.04. The summed E-state index contributed by atoms with van der Waals surface area (Å²) in [6.45, 7) is 6.28. The third-order valence-electron chi connectivity index (χ3n) is 5.10.